The highest BCUT2D eigenvalue weighted by Crippen LogP contribution is 2.25. The van der Waals surface area contributed by atoms with Gasteiger partial charge in [-0.25, -0.2) is 0 Å². The summed E-state index contributed by atoms with van der Waals surface area (Å²) < 4.78 is 1.17. The molecular weight excluding hydrogens is 308 g/mol. The molecular formula is C14H17BrN2S. The van der Waals surface area contributed by atoms with Gasteiger partial charge in [-0.1, -0.05) is 13.0 Å². The summed E-state index contributed by atoms with van der Waals surface area (Å²) in [5.41, 5.74) is 1.26. The molecule has 96 valence electrons. The van der Waals surface area contributed by atoms with Crippen LogP contribution in [0.3, 0.4) is 0 Å². The van der Waals surface area contributed by atoms with Gasteiger partial charge in [-0.05, 0) is 46.6 Å². The van der Waals surface area contributed by atoms with Crippen LogP contribution < -0.4 is 5.32 Å². The van der Waals surface area contributed by atoms with Crippen LogP contribution in [0.2, 0.25) is 0 Å². The zero-order valence-electron chi connectivity index (χ0n) is 10.4. The summed E-state index contributed by atoms with van der Waals surface area (Å²) in [7, 11) is 0. The van der Waals surface area contributed by atoms with Crippen LogP contribution in [0.5, 0.6) is 0 Å². The number of nitrogens with one attached hydrogen (secondary N) is 1. The lowest BCUT2D eigenvalue weighted by Crippen LogP contribution is -2.23. The van der Waals surface area contributed by atoms with Gasteiger partial charge in [-0.15, -0.1) is 11.3 Å². The molecule has 1 atom stereocenters. The number of nitrogens with zero attached hydrogens (tertiary/aromatic N) is 1. The summed E-state index contributed by atoms with van der Waals surface area (Å²) in [5.74, 6) is 0. The molecule has 0 bridgehead atoms. The van der Waals surface area contributed by atoms with Crippen LogP contribution in [0.15, 0.2) is 40.4 Å². The summed E-state index contributed by atoms with van der Waals surface area (Å²) in [6, 6.07) is 6.69. The van der Waals surface area contributed by atoms with Crippen molar-refractivity contribution in [2.75, 3.05) is 6.54 Å². The van der Waals surface area contributed by atoms with Crippen LogP contribution in [0.25, 0.3) is 0 Å². The molecule has 2 heterocycles. The second-order valence-electron chi connectivity index (χ2n) is 4.23. The lowest BCUT2D eigenvalue weighted by atomic mass is 10.0. The molecule has 0 radical (unpaired) electrons. The highest BCUT2D eigenvalue weighted by molar-refractivity contribution is 9.10. The molecule has 0 fully saturated rings. The maximum atomic E-state index is 4.21. The van der Waals surface area contributed by atoms with E-state index in [1.807, 2.05) is 18.5 Å². The van der Waals surface area contributed by atoms with Gasteiger partial charge >= 0.3 is 0 Å². The second kappa shape index (κ2) is 7.02. The number of halogens is 1. The smallest absolute Gasteiger partial charge is 0.0384 e. The van der Waals surface area contributed by atoms with Gasteiger partial charge in [0.1, 0.15) is 0 Å². The quantitative estimate of drug-likeness (QED) is 0.861. The van der Waals surface area contributed by atoms with Gasteiger partial charge in [0.25, 0.3) is 0 Å². The van der Waals surface area contributed by atoms with Gasteiger partial charge in [-0.2, -0.15) is 0 Å². The normalized spacial score (nSPS) is 12.6. The lowest BCUT2D eigenvalue weighted by molar-refractivity contribution is 0.531. The molecule has 0 spiro atoms. The average molecular weight is 325 g/mol. The van der Waals surface area contributed by atoms with Gasteiger partial charge in [0.2, 0.25) is 0 Å². The fourth-order valence-corrected chi connectivity index (χ4v) is 3.37. The Balaban J connectivity index is 2.10. The SMILES string of the molecule is CCCNC(Cc1cc(Br)cs1)c1cccnc1. The summed E-state index contributed by atoms with van der Waals surface area (Å²) in [4.78, 5) is 5.60. The van der Waals surface area contributed by atoms with Gasteiger partial charge in [-0.3, -0.25) is 4.98 Å². The van der Waals surface area contributed by atoms with Gasteiger partial charge < -0.3 is 5.32 Å². The standard InChI is InChI=1S/C14H17BrN2S/c1-2-5-17-14(11-4-3-6-16-9-11)8-13-7-12(15)10-18-13/h3-4,6-7,9-10,14,17H,2,5,8H2,1H3. The van der Waals surface area contributed by atoms with Gasteiger partial charge in [0.15, 0.2) is 0 Å². The van der Waals surface area contributed by atoms with E-state index in [4.69, 9.17) is 0 Å². The largest absolute Gasteiger partial charge is 0.310 e. The molecule has 0 aromatic carbocycles. The summed E-state index contributed by atoms with van der Waals surface area (Å²) in [5, 5.41) is 5.73. The summed E-state index contributed by atoms with van der Waals surface area (Å²) in [6.07, 6.45) is 5.94. The van der Waals surface area contributed by atoms with E-state index in [1.165, 1.54) is 14.9 Å². The lowest BCUT2D eigenvalue weighted by Gasteiger charge is -2.17. The van der Waals surface area contributed by atoms with Crippen molar-refractivity contribution in [2.24, 2.45) is 0 Å². The summed E-state index contributed by atoms with van der Waals surface area (Å²) >= 11 is 5.31. The van der Waals surface area contributed by atoms with Crippen molar-refractivity contribution in [2.45, 2.75) is 25.8 Å². The zero-order chi connectivity index (χ0) is 12.8. The Morgan fingerprint density at radius 3 is 3.00 bits per heavy atom. The van der Waals surface area contributed by atoms with Gasteiger partial charge in [0, 0.05) is 39.6 Å². The Labute approximate surface area is 121 Å². The molecule has 1 N–H and O–H groups in total. The summed E-state index contributed by atoms with van der Waals surface area (Å²) in [6.45, 7) is 3.22. The minimum atomic E-state index is 0.351. The number of thiophene rings is 1. The van der Waals surface area contributed by atoms with E-state index >= 15 is 0 Å². The predicted octanol–water partition coefficient (Wildman–Crippen LogP) is 4.19. The fraction of sp³-hybridized carbons (Fsp3) is 0.357. The molecule has 0 amide bonds. The van der Waals surface area contributed by atoms with Crippen molar-refractivity contribution >= 4 is 27.3 Å². The van der Waals surface area contributed by atoms with Crippen molar-refractivity contribution in [1.82, 2.24) is 10.3 Å². The Bertz CT molecular complexity index is 470. The van der Waals surface area contributed by atoms with Crippen molar-refractivity contribution < 1.29 is 0 Å². The average Bonchev–Trinajstić information content (AvgIpc) is 2.81. The minimum absolute atomic E-state index is 0.351. The van der Waals surface area contributed by atoms with E-state index in [-0.39, 0.29) is 0 Å². The molecule has 2 aromatic rings. The third-order valence-electron chi connectivity index (χ3n) is 2.75. The molecule has 0 saturated heterocycles. The first-order valence-electron chi connectivity index (χ1n) is 6.16. The predicted molar refractivity (Wildman–Crippen MR) is 81.0 cm³/mol. The van der Waals surface area contributed by atoms with Crippen molar-refractivity contribution in [3.8, 4) is 0 Å². The van der Waals surface area contributed by atoms with E-state index in [1.54, 1.807) is 11.3 Å². The van der Waals surface area contributed by atoms with E-state index < -0.39 is 0 Å². The highest BCUT2D eigenvalue weighted by Gasteiger charge is 2.12. The molecule has 2 rings (SSSR count). The van der Waals surface area contributed by atoms with Crippen LogP contribution in [-0.4, -0.2) is 11.5 Å². The Kier molecular flexibility index (Phi) is 5.35. The van der Waals surface area contributed by atoms with Crippen LogP contribution in [-0.2, 0) is 6.42 Å². The van der Waals surface area contributed by atoms with Crippen LogP contribution in [0, 0.1) is 0 Å². The zero-order valence-corrected chi connectivity index (χ0v) is 12.8. The molecule has 0 aliphatic carbocycles. The van der Waals surface area contributed by atoms with E-state index in [0.29, 0.717) is 6.04 Å². The maximum Gasteiger partial charge on any atom is 0.0384 e. The van der Waals surface area contributed by atoms with E-state index in [9.17, 15) is 0 Å². The Morgan fingerprint density at radius 1 is 1.50 bits per heavy atom. The molecule has 2 nitrogen and oxygen atoms in total. The third kappa shape index (κ3) is 3.90. The molecule has 0 aliphatic rings. The molecule has 4 heteroatoms. The van der Waals surface area contributed by atoms with Gasteiger partial charge in [0.05, 0.1) is 0 Å². The number of aromatic nitrogens is 1. The first-order valence-corrected chi connectivity index (χ1v) is 7.83. The second-order valence-corrected chi connectivity index (χ2v) is 6.14. The number of hydrogen-bond acceptors (Lipinski definition) is 3. The van der Waals surface area contributed by atoms with Crippen molar-refractivity contribution in [1.29, 1.82) is 0 Å². The maximum absolute atomic E-state index is 4.21. The van der Waals surface area contributed by atoms with Crippen LogP contribution in [0.4, 0.5) is 0 Å². The first kappa shape index (κ1) is 13.7. The van der Waals surface area contributed by atoms with E-state index in [2.05, 4.69) is 50.7 Å². The molecule has 1 unspecified atom stereocenters. The Morgan fingerprint density at radius 2 is 2.39 bits per heavy atom. The van der Waals surface area contributed by atoms with Crippen molar-refractivity contribution in [3.63, 3.8) is 0 Å². The monoisotopic (exact) mass is 324 g/mol. The molecule has 0 saturated carbocycles. The fourth-order valence-electron chi connectivity index (χ4n) is 1.87. The van der Waals surface area contributed by atoms with Crippen molar-refractivity contribution in [3.05, 3.63) is 50.9 Å². The third-order valence-corrected chi connectivity index (χ3v) is 4.47. The first-order chi connectivity index (χ1) is 8.79. The molecule has 2 aromatic heterocycles. The molecule has 18 heavy (non-hydrogen) atoms. The highest BCUT2D eigenvalue weighted by atomic mass is 79.9. The van der Waals surface area contributed by atoms with E-state index in [0.717, 1.165) is 19.4 Å². The number of rotatable bonds is 6. The minimum Gasteiger partial charge on any atom is -0.310 e. The van der Waals surface area contributed by atoms with Crippen LogP contribution >= 0.6 is 27.3 Å². The number of pyridine rings is 1. The molecule has 0 aliphatic heterocycles. The Hall–Kier alpha value is -0.710. The van der Waals surface area contributed by atoms with Crippen LogP contribution in [0.1, 0.15) is 29.8 Å². The number of hydrogen-bond donors (Lipinski definition) is 1. The topological polar surface area (TPSA) is 24.9 Å².